The molecule has 5 heterocycles. The molecule has 0 aliphatic carbocycles. The van der Waals surface area contributed by atoms with Crippen LogP contribution in [0.1, 0.15) is 119 Å². The van der Waals surface area contributed by atoms with Crippen LogP contribution in [-0.4, -0.2) is 113 Å². The molecule has 0 aromatic carbocycles. The van der Waals surface area contributed by atoms with E-state index in [2.05, 4.69) is 13.8 Å². The van der Waals surface area contributed by atoms with Crippen LogP contribution in [0, 0.1) is 29.6 Å². The highest BCUT2D eigenvalue weighted by molar-refractivity contribution is 5.84. The van der Waals surface area contributed by atoms with E-state index >= 15 is 0 Å². The average Bonchev–Trinajstić information content (AvgIpc) is 3.57. The maximum absolute atomic E-state index is 14.4. The SMILES string of the molecule is CCC(C(=O)O)C1CCCC(C(N)C(O)C(C)C(=O)C(CC)C2OC3(C=CC(OCOC)C4(CCC(C5CCC(O)(CC)C(C)O5)O4)O3)C(C)CC2C)O1. The van der Waals surface area contributed by atoms with E-state index in [1.54, 1.807) is 14.0 Å². The Morgan fingerprint density at radius 2 is 1.65 bits per heavy atom. The van der Waals surface area contributed by atoms with Crippen LogP contribution in [0.4, 0.5) is 0 Å². The molecular weight excluding hydrogens is 698 g/mol. The number of hydrogen-bond acceptors (Lipinski definition) is 12. The number of carboxylic acids is 1. The van der Waals surface area contributed by atoms with Crippen molar-refractivity contribution in [1.82, 2.24) is 0 Å². The molecule has 0 aromatic rings. The molecule has 0 aromatic heterocycles. The van der Waals surface area contributed by atoms with Crippen molar-refractivity contribution in [3.63, 3.8) is 0 Å². The minimum atomic E-state index is -1.21. The Morgan fingerprint density at radius 3 is 2.28 bits per heavy atom. The number of Topliss-reactive ketones (excluding diaryl/α,β-unsaturated/α-hetero) is 1. The Balaban J connectivity index is 1.32. The summed E-state index contributed by atoms with van der Waals surface area (Å²) < 4.78 is 44.9. The number of ketones is 1. The Hall–Kier alpha value is -1.52. The van der Waals surface area contributed by atoms with E-state index in [1.165, 1.54) is 0 Å². The summed E-state index contributed by atoms with van der Waals surface area (Å²) in [5.41, 5.74) is 5.74. The van der Waals surface area contributed by atoms with Crippen molar-refractivity contribution in [3.8, 4) is 0 Å². The lowest BCUT2D eigenvalue weighted by atomic mass is 9.73. The molecule has 5 N–H and O–H groups in total. The van der Waals surface area contributed by atoms with Crippen LogP contribution in [0.2, 0.25) is 0 Å². The Bertz CT molecular complexity index is 1300. The molecule has 0 radical (unpaired) electrons. The van der Waals surface area contributed by atoms with Gasteiger partial charge in [0.15, 0.2) is 5.79 Å². The monoisotopic (exact) mass is 767 g/mol. The molecule has 54 heavy (non-hydrogen) atoms. The average molecular weight is 768 g/mol. The van der Waals surface area contributed by atoms with Crippen LogP contribution in [0.15, 0.2) is 12.2 Å². The second kappa shape index (κ2) is 18.0. The zero-order valence-electron chi connectivity index (χ0n) is 33.8. The number of aliphatic hydroxyl groups is 2. The first-order valence-electron chi connectivity index (χ1n) is 20.7. The topological polar surface area (TPSA) is 185 Å². The summed E-state index contributed by atoms with van der Waals surface area (Å²) in [6, 6.07) is -0.862. The molecular formula is C41H69NO12. The van der Waals surface area contributed by atoms with E-state index in [4.69, 9.17) is 38.9 Å². The van der Waals surface area contributed by atoms with Crippen LogP contribution < -0.4 is 5.73 Å². The normalized spacial score (nSPS) is 42.8. The summed E-state index contributed by atoms with van der Waals surface area (Å²) in [4.78, 5) is 26.2. The number of carboxylic acid groups (broad SMARTS) is 1. The number of ether oxygens (including phenoxy) is 7. The fraction of sp³-hybridized carbons (Fsp3) is 0.902. The van der Waals surface area contributed by atoms with E-state index in [9.17, 15) is 24.9 Å². The Kier molecular flexibility index (Phi) is 14.5. The minimum absolute atomic E-state index is 0.00377. The van der Waals surface area contributed by atoms with Crippen molar-refractivity contribution in [3.05, 3.63) is 12.2 Å². The smallest absolute Gasteiger partial charge is 0.309 e. The van der Waals surface area contributed by atoms with Crippen LogP contribution >= 0.6 is 0 Å². The molecule has 0 saturated carbocycles. The van der Waals surface area contributed by atoms with Gasteiger partial charge in [0.05, 0.1) is 60.3 Å². The van der Waals surface area contributed by atoms with Crippen molar-refractivity contribution in [2.24, 2.45) is 35.3 Å². The van der Waals surface area contributed by atoms with Gasteiger partial charge in [-0.25, -0.2) is 0 Å². The molecule has 13 nitrogen and oxygen atoms in total. The zero-order valence-corrected chi connectivity index (χ0v) is 33.8. The van der Waals surface area contributed by atoms with Gasteiger partial charge in [0.2, 0.25) is 5.79 Å². The fourth-order valence-electron chi connectivity index (χ4n) is 9.93. The third-order valence-corrected chi connectivity index (χ3v) is 13.6. The molecule has 0 amide bonds. The molecule has 2 spiro atoms. The first-order valence-corrected chi connectivity index (χ1v) is 20.7. The van der Waals surface area contributed by atoms with Crippen molar-refractivity contribution in [1.29, 1.82) is 0 Å². The number of hydrogen-bond donors (Lipinski definition) is 4. The summed E-state index contributed by atoms with van der Waals surface area (Å²) >= 11 is 0. The maximum atomic E-state index is 14.4. The number of aliphatic carboxylic acids is 1. The minimum Gasteiger partial charge on any atom is -0.481 e. The third kappa shape index (κ3) is 8.66. The summed E-state index contributed by atoms with van der Waals surface area (Å²) in [5.74, 6) is -5.56. The summed E-state index contributed by atoms with van der Waals surface area (Å²) in [6.45, 7) is 13.6. The highest BCUT2D eigenvalue weighted by Crippen LogP contribution is 2.52. The van der Waals surface area contributed by atoms with Crippen LogP contribution in [-0.2, 0) is 42.7 Å². The largest absolute Gasteiger partial charge is 0.481 e. The van der Waals surface area contributed by atoms with Gasteiger partial charge in [0, 0.05) is 31.3 Å². The van der Waals surface area contributed by atoms with Gasteiger partial charge in [-0.1, -0.05) is 41.5 Å². The highest BCUT2D eigenvalue weighted by atomic mass is 16.8. The van der Waals surface area contributed by atoms with Gasteiger partial charge in [-0.05, 0) is 89.2 Å². The van der Waals surface area contributed by atoms with Crippen molar-refractivity contribution in [2.75, 3.05) is 13.9 Å². The summed E-state index contributed by atoms with van der Waals surface area (Å²) in [6.07, 6.45) is 6.34. The quantitative estimate of drug-likeness (QED) is 0.131. The Morgan fingerprint density at radius 1 is 0.963 bits per heavy atom. The number of carbonyl (C=O) groups excluding carboxylic acids is 1. The fourth-order valence-corrected chi connectivity index (χ4v) is 9.93. The van der Waals surface area contributed by atoms with E-state index in [1.807, 2.05) is 39.8 Å². The molecule has 5 aliphatic rings. The van der Waals surface area contributed by atoms with Gasteiger partial charge in [0.25, 0.3) is 0 Å². The molecule has 5 rings (SSSR count). The van der Waals surface area contributed by atoms with Crippen molar-refractivity contribution in [2.45, 2.75) is 191 Å². The van der Waals surface area contributed by atoms with Crippen LogP contribution in [0.25, 0.3) is 0 Å². The lowest BCUT2D eigenvalue weighted by Crippen LogP contribution is -2.62. The zero-order chi connectivity index (χ0) is 39.6. The number of rotatable bonds is 15. The lowest BCUT2D eigenvalue weighted by molar-refractivity contribution is -0.406. The number of aliphatic hydroxyl groups excluding tert-OH is 1. The standard InChI is InChI=1S/C41H69NO12/c1-9-27(38(45)46)29-13-12-14-32(51-29)34(42)36(44)25(6)35(43)28(10-2)37-23(4)21-24(5)40(53-37)20-17-33(49-22-48-8)41(54-40)19-16-31(52-41)30-15-18-39(47,11-3)26(7)50-30/h17,20,23-34,36-37,44,47H,9-16,18-19,21-22,42H2,1-8H3,(H,45,46). The maximum Gasteiger partial charge on any atom is 0.309 e. The molecule has 13 heteroatoms. The second-order valence-corrected chi connectivity index (χ2v) is 17.0. The predicted octanol–water partition coefficient (Wildman–Crippen LogP) is 4.87. The van der Waals surface area contributed by atoms with Gasteiger partial charge in [-0.3, -0.25) is 9.59 Å². The molecule has 17 unspecified atom stereocenters. The van der Waals surface area contributed by atoms with E-state index < -0.39 is 77.5 Å². The molecule has 17 atom stereocenters. The lowest BCUT2D eigenvalue weighted by Gasteiger charge is -2.54. The summed E-state index contributed by atoms with van der Waals surface area (Å²) in [7, 11) is 1.57. The van der Waals surface area contributed by atoms with Crippen molar-refractivity contribution < 1.29 is 58.1 Å². The molecule has 4 saturated heterocycles. The molecule has 5 aliphatic heterocycles. The third-order valence-electron chi connectivity index (χ3n) is 13.6. The second-order valence-electron chi connectivity index (χ2n) is 17.0. The van der Waals surface area contributed by atoms with Gasteiger partial charge in [-0.15, -0.1) is 0 Å². The van der Waals surface area contributed by atoms with Gasteiger partial charge in [0.1, 0.15) is 18.7 Å². The van der Waals surface area contributed by atoms with Gasteiger partial charge >= 0.3 is 5.97 Å². The first-order chi connectivity index (χ1) is 25.6. The number of carbonyl (C=O) groups is 2. The van der Waals surface area contributed by atoms with E-state index in [0.29, 0.717) is 57.8 Å². The molecule has 4 fully saturated rings. The van der Waals surface area contributed by atoms with Crippen LogP contribution in [0.5, 0.6) is 0 Å². The number of methoxy groups -OCH3 is 1. The van der Waals surface area contributed by atoms with Crippen LogP contribution in [0.3, 0.4) is 0 Å². The first kappa shape index (κ1) is 43.6. The predicted molar refractivity (Wildman–Crippen MR) is 199 cm³/mol. The molecule has 310 valence electrons. The summed E-state index contributed by atoms with van der Waals surface area (Å²) in [5, 5.41) is 32.3. The van der Waals surface area contributed by atoms with Crippen molar-refractivity contribution >= 4 is 11.8 Å². The Labute approximate surface area is 321 Å². The van der Waals surface area contributed by atoms with Gasteiger partial charge < -0.3 is 54.2 Å². The van der Waals surface area contributed by atoms with Gasteiger partial charge in [-0.2, -0.15) is 0 Å². The van der Waals surface area contributed by atoms with E-state index in [-0.39, 0.29) is 42.7 Å². The van der Waals surface area contributed by atoms with E-state index in [0.717, 1.165) is 12.8 Å². The number of nitrogens with two attached hydrogens (primary N) is 1. The highest BCUT2D eigenvalue weighted by Gasteiger charge is 2.61. The molecule has 0 bridgehead atoms.